The number of guanidine groups is 1. The van der Waals surface area contributed by atoms with Gasteiger partial charge >= 0.3 is 0 Å². The number of fused-ring (bicyclic) bond motifs is 1. The van der Waals surface area contributed by atoms with E-state index < -0.39 is 0 Å². The molecule has 0 unspecified atom stereocenters. The van der Waals surface area contributed by atoms with Crippen LogP contribution in [0.2, 0.25) is 0 Å². The number of aliphatic imine (C=N–C) groups is 1. The lowest BCUT2D eigenvalue weighted by Crippen LogP contribution is -2.54. The van der Waals surface area contributed by atoms with E-state index in [0.717, 1.165) is 68.9 Å². The molecule has 4 rings (SSSR count). The number of nitrogens with one attached hydrogen (secondary N) is 1. The molecule has 1 aromatic carbocycles. The lowest BCUT2D eigenvalue weighted by Gasteiger charge is -2.42. The maximum atomic E-state index is 5.69. The summed E-state index contributed by atoms with van der Waals surface area (Å²) in [6, 6.07) is 6.37. The standard InChI is InChI=1S/C21H31N3O3S/c1-20(2)14-24(8-11-28-20)19(22-3)23-13-21(6-9-25-10-7-21)16-4-5-17-18(12-16)27-15-26-17/h4-5,12H,6-11,13-15H2,1-3H3,(H,22,23). The predicted molar refractivity (Wildman–Crippen MR) is 114 cm³/mol. The fourth-order valence-corrected chi connectivity index (χ4v) is 5.45. The monoisotopic (exact) mass is 405 g/mol. The van der Waals surface area contributed by atoms with Crippen molar-refractivity contribution >= 4 is 17.7 Å². The number of benzene rings is 1. The average Bonchev–Trinajstić information content (AvgIpc) is 3.16. The summed E-state index contributed by atoms with van der Waals surface area (Å²) in [6.45, 7) is 9.37. The van der Waals surface area contributed by atoms with Crippen LogP contribution in [0.5, 0.6) is 11.5 Å². The smallest absolute Gasteiger partial charge is 0.231 e. The molecule has 7 heteroatoms. The third kappa shape index (κ3) is 4.06. The Morgan fingerprint density at radius 1 is 1.21 bits per heavy atom. The molecule has 1 aromatic rings. The van der Waals surface area contributed by atoms with Gasteiger partial charge in [0.1, 0.15) is 0 Å². The van der Waals surface area contributed by atoms with Gasteiger partial charge in [-0.2, -0.15) is 11.8 Å². The van der Waals surface area contributed by atoms with Crippen molar-refractivity contribution < 1.29 is 14.2 Å². The average molecular weight is 406 g/mol. The lowest BCUT2D eigenvalue weighted by molar-refractivity contribution is 0.0511. The van der Waals surface area contributed by atoms with Crippen LogP contribution in [0.4, 0.5) is 0 Å². The molecule has 2 saturated heterocycles. The molecule has 1 N–H and O–H groups in total. The maximum Gasteiger partial charge on any atom is 0.231 e. The highest BCUT2D eigenvalue weighted by molar-refractivity contribution is 8.00. The van der Waals surface area contributed by atoms with E-state index in [1.54, 1.807) is 0 Å². The fraction of sp³-hybridized carbons (Fsp3) is 0.667. The topological polar surface area (TPSA) is 55.3 Å². The van der Waals surface area contributed by atoms with Crippen LogP contribution in [0.15, 0.2) is 23.2 Å². The zero-order chi connectivity index (χ0) is 19.6. The Balaban J connectivity index is 1.52. The van der Waals surface area contributed by atoms with Crippen molar-refractivity contribution in [3.05, 3.63) is 23.8 Å². The SMILES string of the molecule is CN=C(NCC1(c2ccc3c(c2)OCO3)CCOCC1)N1CCSC(C)(C)C1. The predicted octanol–water partition coefficient (Wildman–Crippen LogP) is 2.87. The van der Waals surface area contributed by atoms with E-state index in [1.165, 1.54) is 5.56 Å². The van der Waals surface area contributed by atoms with Gasteiger partial charge in [0.15, 0.2) is 17.5 Å². The molecule has 3 heterocycles. The quantitative estimate of drug-likeness (QED) is 0.617. The summed E-state index contributed by atoms with van der Waals surface area (Å²) >= 11 is 2.04. The minimum atomic E-state index is 0.00915. The van der Waals surface area contributed by atoms with E-state index in [1.807, 2.05) is 24.9 Å². The molecule has 0 aromatic heterocycles. The zero-order valence-corrected chi connectivity index (χ0v) is 17.9. The minimum Gasteiger partial charge on any atom is -0.454 e. The molecular formula is C21H31N3O3S. The number of hydrogen-bond acceptors (Lipinski definition) is 5. The summed E-state index contributed by atoms with van der Waals surface area (Å²) < 4.78 is 17.1. The van der Waals surface area contributed by atoms with Crippen molar-refractivity contribution in [1.82, 2.24) is 10.2 Å². The Hall–Kier alpha value is -1.60. The largest absolute Gasteiger partial charge is 0.454 e. The second-order valence-corrected chi connectivity index (χ2v) is 10.2. The van der Waals surface area contributed by atoms with E-state index in [-0.39, 0.29) is 10.2 Å². The third-order valence-electron chi connectivity index (χ3n) is 5.96. The molecule has 3 aliphatic rings. The number of ether oxygens (including phenoxy) is 3. The molecule has 0 radical (unpaired) electrons. The molecule has 154 valence electrons. The number of hydrogen-bond donors (Lipinski definition) is 1. The van der Waals surface area contributed by atoms with Crippen molar-refractivity contribution in [2.75, 3.05) is 52.4 Å². The van der Waals surface area contributed by atoms with Gasteiger partial charge in [0, 0.05) is 55.8 Å². The Kier molecular flexibility index (Phi) is 5.65. The van der Waals surface area contributed by atoms with Crippen LogP contribution in [0.1, 0.15) is 32.3 Å². The molecule has 2 fully saturated rings. The van der Waals surface area contributed by atoms with Gasteiger partial charge in [-0.15, -0.1) is 0 Å². The van der Waals surface area contributed by atoms with Crippen molar-refractivity contribution in [1.29, 1.82) is 0 Å². The summed E-state index contributed by atoms with van der Waals surface area (Å²) in [6.07, 6.45) is 1.97. The summed E-state index contributed by atoms with van der Waals surface area (Å²) in [7, 11) is 1.88. The van der Waals surface area contributed by atoms with Crippen molar-refractivity contribution in [3.63, 3.8) is 0 Å². The van der Waals surface area contributed by atoms with E-state index >= 15 is 0 Å². The van der Waals surface area contributed by atoms with Crippen molar-refractivity contribution in [2.24, 2.45) is 4.99 Å². The molecule has 3 aliphatic heterocycles. The van der Waals surface area contributed by atoms with Crippen molar-refractivity contribution in [3.8, 4) is 11.5 Å². The summed E-state index contributed by atoms with van der Waals surface area (Å²) in [5.41, 5.74) is 1.30. The van der Waals surface area contributed by atoms with Crippen LogP contribution < -0.4 is 14.8 Å². The van der Waals surface area contributed by atoms with Crippen LogP contribution in [-0.2, 0) is 10.2 Å². The van der Waals surface area contributed by atoms with Gasteiger partial charge in [-0.05, 0) is 44.4 Å². The second kappa shape index (κ2) is 8.03. The van der Waals surface area contributed by atoms with Crippen LogP contribution in [0.25, 0.3) is 0 Å². The van der Waals surface area contributed by atoms with Gasteiger partial charge in [0.05, 0.1) is 0 Å². The van der Waals surface area contributed by atoms with E-state index in [9.17, 15) is 0 Å². The molecule has 0 bridgehead atoms. The number of nitrogens with zero attached hydrogens (tertiary/aromatic N) is 2. The van der Waals surface area contributed by atoms with Crippen LogP contribution >= 0.6 is 11.8 Å². The summed E-state index contributed by atoms with van der Waals surface area (Å²) in [5.74, 6) is 3.82. The normalized spacial score (nSPS) is 23.5. The highest BCUT2D eigenvalue weighted by Crippen LogP contribution is 2.40. The van der Waals surface area contributed by atoms with Crippen LogP contribution in [0.3, 0.4) is 0 Å². The maximum absolute atomic E-state index is 5.69. The van der Waals surface area contributed by atoms with E-state index in [4.69, 9.17) is 14.2 Å². The first-order valence-electron chi connectivity index (χ1n) is 10.1. The second-order valence-electron chi connectivity index (χ2n) is 8.39. The van der Waals surface area contributed by atoms with Gasteiger partial charge in [-0.1, -0.05) is 6.07 Å². The molecule has 6 nitrogen and oxygen atoms in total. The first-order chi connectivity index (χ1) is 13.5. The Bertz CT molecular complexity index is 732. The highest BCUT2D eigenvalue weighted by Gasteiger charge is 2.37. The van der Waals surface area contributed by atoms with Crippen LogP contribution in [-0.4, -0.2) is 68.0 Å². The molecular weight excluding hydrogens is 374 g/mol. The van der Waals surface area contributed by atoms with Crippen LogP contribution in [0, 0.1) is 0 Å². The van der Waals surface area contributed by atoms with Gasteiger partial charge in [-0.3, -0.25) is 4.99 Å². The highest BCUT2D eigenvalue weighted by atomic mass is 32.2. The molecule has 0 saturated carbocycles. The summed E-state index contributed by atoms with van der Waals surface area (Å²) in [5, 5.41) is 3.69. The molecule has 0 amide bonds. The Labute approximate surface area is 172 Å². The lowest BCUT2D eigenvalue weighted by atomic mass is 9.74. The molecule has 0 atom stereocenters. The van der Waals surface area contributed by atoms with Crippen molar-refractivity contribution in [2.45, 2.75) is 36.9 Å². The van der Waals surface area contributed by atoms with Gasteiger partial charge in [-0.25, -0.2) is 0 Å². The third-order valence-corrected chi connectivity index (χ3v) is 7.25. The van der Waals surface area contributed by atoms with E-state index in [2.05, 4.69) is 41.2 Å². The number of rotatable bonds is 3. The molecule has 0 aliphatic carbocycles. The first kappa shape index (κ1) is 19.7. The summed E-state index contributed by atoms with van der Waals surface area (Å²) in [4.78, 5) is 6.98. The first-order valence-corrected chi connectivity index (χ1v) is 11.1. The van der Waals surface area contributed by atoms with E-state index in [0.29, 0.717) is 6.79 Å². The molecule has 0 spiro atoms. The Morgan fingerprint density at radius 3 is 2.75 bits per heavy atom. The zero-order valence-electron chi connectivity index (χ0n) is 17.1. The van der Waals surface area contributed by atoms with Gasteiger partial charge in [0.2, 0.25) is 6.79 Å². The van der Waals surface area contributed by atoms with Gasteiger partial charge in [0.25, 0.3) is 0 Å². The van der Waals surface area contributed by atoms with Gasteiger partial charge < -0.3 is 24.4 Å². The minimum absolute atomic E-state index is 0.00915. The fourth-order valence-electron chi connectivity index (χ4n) is 4.33. The number of thioether (sulfide) groups is 1. The Morgan fingerprint density at radius 2 is 2.00 bits per heavy atom. The molecule has 28 heavy (non-hydrogen) atoms.